The van der Waals surface area contributed by atoms with Gasteiger partial charge >= 0.3 is 5.97 Å². The second kappa shape index (κ2) is 7.21. The Balaban J connectivity index is 2.22. The van der Waals surface area contributed by atoms with Crippen LogP contribution in [0.15, 0.2) is 29.8 Å². The zero-order valence-electron chi connectivity index (χ0n) is 15.1. The van der Waals surface area contributed by atoms with Gasteiger partial charge < -0.3 is 9.84 Å². The normalized spacial score (nSPS) is 15.8. The molecule has 0 bridgehead atoms. The minimum absolute atomic E-state index is 0.0771. The van der Waals surface area contributed by atoms with Crippen LogP contribution in [0.5, 0.6) is 0 Å². The molecular weight excluding hydrogens is 320 g/mol. The maximum absolute atomic E-state index is 12.4. The van der Waals surface area contributed by atoms with Crippen LogP contribution in [0.3, 0.4) is 0 Å². The maximum atomic E-state index is 12.4. The van der Waals surface area contributed by atoms with E-state index in [1.165, 1.54) is 6.07 Å². The third-order valence-corrected chi connectivity index (χ3v) is 4.47. The number of hydrogen-bond acceptors (Lipinski definition) is 5. The lowest BCUT2D eigenvalue weighted by molar-refractivity contribution is -0.151. The molecule has 0 saturated heterocycles. The lowest BCUT2D eigenvalue weighted by Gasteiger charge is -2.27. The summed E-state index contributed by atoms with van der Waals surface area (Å²) in [6.07, 6.45) is 0.834. The van der Waals surface area contributed by atoms with Crippen molar-refractivity contribution in [3.05, 3.63) is 41.0 Å². The van der Waals surface area contributed by atoms with E-state index in [9.17, 15) is 19.5 Å². The lowest BCUT2D eigenvalue weighted by atomic mass is 9.79. The SMILES string of the molecule is CCC(C)C(=O)OCC(C)(C)CC1=C(O)c2ccccc2C(=O)C1=O. The first-order chi connectivity index (χ1) is 11.7. The highest BCUT2D eigenvalue weighted by atomic mass is 16.5. The Morgan fingerprint density at radius 3 is 2.36 bits per heavy atom. The van der Waals surface area contributed by atoms with Crippen LogP contribution in [0.2, 0.25) is 0 Å². The highest BCUT2D eigenvalue weighted by Gasteiger charge is 2.36. The Labute approximate surface area is 147 Å². The summed E-state index contributed by atoms with van der Waals surface area (Å²) >= 11 is 0. The van der Waals surface area contributed by atoms with Crippen molar-refractivity contribution in [1.29, 1.82) is 0 Å². The fourth-order valence-corrected chi connectivity index (χ4v) is 2.69. The number of aliphatic hydroxyl groups is 1. The van der Waals surface area contributed by atoms with Crippen LogP contribution in [-0.4, -0.2) is 29.2 Å². The summed E-state index contributed by atoms with van der Waals surface area (Å²) in [6, 6.07) is 6.50. The predicted octanol–water partition coefficient (Wildman–Crippen LogP) is 3.73. The monoisotopic (exact) mass is 344 g/mol. The molecule has 5 nitrogen and oxygen atoms in total. The number of benzene rings is 1. The summed E-state index contributed by atoms with van der Waals surface area (Å²) in [5.74, 6) is -1.95. The van der Waals surface area contributed by atoms with Crippen molar-refractivity contribution < 1.29 is 24.2 Å². The quantitative estimate of drug-likeness (QED) is 0.628. The number of fused-ring (bicyclic) bond motifs is 1. The van der Waals surface area contributed by atoms with Crippen LogP contribution < -0.4 is 0 Å². The zero-order chi connectivity index (χ0) is 18.8. The lowest BCUT2D eigenvalue weighted by Crippen LogP contribution is -2.30. The molecule has 0 aliphatic heterocycles. The molecule has 1 N–H and O–H groups in total. The number of ketones is 2. The van der Waals surface area contributed by atoms with Gasteiger partial charge in [0.05, 0.1) is 12.5 Å². The molecule has 5 heteroatoms. The summed E-state index contributed by atoms with van der Waals surface area (Å²) < 4.78 is 5.33. The molecule has 1 aromatic rings. The number of Topliss-reactive ketones (excluding diaryl/α,β-unsaturated/α-hetero) is 2. The first kappa shape index (κ1) is 18.9. The van der Waals surface area contributed by atoms with E-state index in [0.717, 1.165) is 0 Å². The second-order valence-electron chi connectivity index (χ2n) is 7.29. The second-order valence-corrected chi connectivity index (χ2v) is 7.29. The minimum Gasteiger partial charge on any atom is -0.507 e. The molecule has 0 spiro atoms. The molecule has 134 valence electrons. The van der Waals surface area contributed by atoms with E-state index in [4.69, 9.17) is 4.74 Å². The average Bonchev–Trinajstić information content (AvgIpc) is 2.60. The molecule has 1 atom stereocenters. The van der Waals surface area contributed by atoms with Gasteiger partial charge in [0, 0.05) is 22.1 Å². The van der Waals surface area contributed by atoms with Crippen LogP contribution in [0.1, 0.15) is 56.5 Å². The van der Waals surface area contributed by atoms with Crippen molar-refractivity contribution in [3.8, 4) is 0 Å². The molecule has 1 aliphatic rings. The van der Waals surface area contributed by atoms with E-state index in [1.54, 1.807) is 25.1 Å². The molecule has 0 radical (unpaired) electrons. The molecule has 0 heterocycles. The van der Waals surface area contributed by atoms with E-state index in [1.807, 2.05) is 20.8 Å². The van der Waals surface area contributed by atoms with Gasteiger partial charge in [0.25, 0.3) is 0 Å². The van der Waals surface area contributed by atoms with Gasteiger partial charge in [-0.05, 0) is 12.8 Å². The number of carbonyl (C=O) groups is 3. The van der Waals surface area contributed by atoms with Crippen molar-refractivity contribution in [1.82, 2.24) is 0 Å². The molecule has 0 fully saturated rings. The van der Waals surface area contributed by atoms with E-state index < -0.39 is 17.0 Å². The largest absolute Gasteiger partial charge is 0.507 e. The van der Waals surface area contributed by atoms with E-state index in [0.29, 0.717) is 12.0 Å². The van der Waals surface area contributed by atoms with Crippen LogP contribution in [0.4, 0.5) is 0 Å². The van der Waals surface area contributed by atoms with Gasteiger partial charge in [-0.2, -0.15) is 0 Å². The summed E-state index contributed by atoms with van der Waals surface area (Å²) in [7, 11) is 0. The number of carbonyl (C=O) groups excluding carboxylic acids is 3. The number of esters is 1. The first-order valence-corrected chi connectivity index (χ1v) is 8.45. The van der Waals surface area contributed by atoms with Crippen LogP contribution in [0.25, 0.3) is 5.76 Å². The standard InChI is InChI=1S/C20H24O5/c1-5-12(2)19(24)25-11-20(3,4)10-15-16(21)13-8-6-7-9-14(13)17(22)18(15)23/h6-9,12,21H,5,10-11H2,1-4H3. The summed E-state index contributed by atoms with van der Waals surface area (Å²) in [4.78, 5) is 36.5. The fourth-order valence-electron chi connectivity index (χ4n) is 2.69. The molecule has 0 saturated carbocycles. The predicted molar refractivity (Wildman–Crippen MR) is 94.1 cm³/mol. The molecule has 2 rings (SSSR count). The highest BCUT2D eigenvalue weighted by Crippen LogP contribution is 2.35. The van der Waals surface area contributed by atoms with Gasteiger partial charge in [-0.25, -0.2) is 0 Å². The summed E-state index contributed by atoms with van der Waals surface area (Å²) in [5, 5.41) is 10.5. The third-order valence-electron chi connectivity index (χ3n) is 4.47. The number of rotatable bonds is 6. The van der Waals surface area contributed by atoms with Crippen molar-refractivity contribution >= 4 is 23.3 Å². The van der Waals surface area contributed by atoms with Gasteiger partial charge in [0.2, 0.25) is 11.6 Å². The van der Waals surface area contributed by atoms with Gasteiger partial charge in [0.15, 0.2) is 0 Å². The molecule has 1 unspecified atom stereocenters. The number of aliphatic hydroxyl groups excluding tert-OH is 1. The van der Waals surface area contributed by atoms with Crippen molar-refractivity contribution in [2.24, 2.45) is 11.3 Å². The van der Waals surface area contributed by atoms with Crippen LogP contribution >= 0.6 is 0 Å². The van der Waals surface area contributed by atoms with E-state index in [-0.39, 0.29) is 41.8 Å². The van der Waals surface area contributed by atoms with Crippen molar-refractivity contribution in [3.63, 3.8) is 0 Å². The van der Waals surface area contributed by atoms with Gasteiger partial charge in [-0.3, -0.25) is 14.4 Å². The molecule has 0 aromatic heterocycles. The molecular formula is C20H24O5. The highest BCUT2D eigenvalue weighted by molar-refractivity contribution is 6.52. The van der Waals surface area contributed by atoms with Gasteiger partial charge in [-0.15, -0.1) is 0 Å². The van der Waals surface area contributed by atoms with Crippen molar-refractivity contribution in [2.45, 2.75) is 40.5 Å². The molecule has 1 aliphatic carbocycles. The van der Waals surface area contributed by atoms with E-state index >= 15 is 0 Å². The number of allylic oxidation sites excluding steroid dienone is 1. The minimum atomic E-state index is -0.697. The third kappa shape index (κ3) is 3.98. The number of hydrogen-bond donors (Lipinski definition) is 1. The zero-order valence-corrected chi connectivity index (χ0v) is 15.1. The van der Waals surface area contributed by atoms with Crippen LogP contribution in [0, 0.1) is 11.3 Å². The summed E-state index contributed by atoms with van der Waals surface area (Å²) in [6.45, 7) is 7.47. The Morgan fingerprint density at radius 1 is 1.16 bits per heavy atom. The Hall–Kier alpha value is -2.43. The average molecular weight is 344 g/mol. The molecule has 1 aromatic carbocycles. The fraction of sp³-hybridized carbons (Fsp3) is 0.450. The van der Waals surface area contributed by atoms with E-state index in [2.05, 4.69) is 0 Å². The Kier molecular flexibility index (Phi) is 5.45. The molecule has 0 amide bonds. The first-order valence-electron chi connectivity index (χ1n) is 8.45. The Bertz CT molecular complexity index is 742. The van der Waals surface area contributed by atoms with Gasteiger partial charge in [0.1, 0.15) is 5.76 Å². The summed E-state index contributed by atoms with van der Waals surface area (Å²) in [5.41, 5.74) is 0.0758. The van der Waals surface area contributed by atoms with Crippen molar-refractivity contribution in [2.75, 3.05) is 6.61 Å². The number of ether oxygens (including phenoxy) is 1. The van der Waals surface area contributed by atoms with Gasteiger partial charge in [-0.1, -0.05) is 52.0 Å². The van der Waals surface area contributed by atoms with Crippen LogP contribution in [-0.2, 0) is 14.3 Å². The smallest absolute Gasteiger partial charge is 0.308 e. The topological polar surface area (TPSA) is 80.7 Å². The molecule has 25 heavy (non-hydrogen) atoms. The Morgan fingerprint density at radius 2 is 1.76 bits per heavy atom. The maximum Gasteiger partial charge on any atom is 0.308 e.